The first-order valence-electron chi connectivity index (χ1n) is 31.5. The van der Waals surface area contributed by atoms with Gasteiger partial charge in [-0.2, -0.15) is 0 Å². The Kier molecular flexibility index (Phi) is 58.2. The summed E-state index contributed by atoms with van der Waals surface area (Å²) in [6, 6.07) is 0. The molecule has 0 bridgehead atoms. The van der Waals surface area contributed by atoms with Crippen LogP contribution in [-0.4, -0.2) is 37.2 Å². The van der Waals surface area contributed by atoms with Crippen LogP contribution in [0.4, 0.5) is 0 Å². The molecule has 0 saturated carbocycles. The maximum absolute atomic E-state index is 12.9. The first-order valence-corrected chi connectivity index (χ1v) is 31.5. The highest BCUT2D eigenvalue weighted by atomic mass is 16.6. The van der Waals surface area contributed by atoms with E-state index in [4.69, 9.17) is 14.2 Å². The van der Waals surface area contributed by atoms with Crippen LogP contribution < -0.4 is 0 Å². The molecule has 0 aromatic heterocycles. The summed E-state index contributed by atoms with van der Waals surface area (Å²) in [5.41, 5.74) is 0. The first kappa shape index (κ1) is 68.6. The van der Waals surface area contributed by atoms with E-state index < -0.39 is 6.10 Å². The zero-order valence-electron chi connectivity index (χ0n) is 47.8. The van der Waals surface area contributed by atoms with Crippen LogP contribution in [-0.2, 0) is 28.6 Å². The van der Waals surface area contributed by atoms with Gasteiger partial charge in [-0.1, -0.05) is 301 Å². The summed E-state index contributed by atoms with van der Waals surface area (Å²) in [7, 11) is 0. The second-order valence-electron chi connectivity index (χ2n) is 21.3. The van der Waals surface area contributed by atoms with E-state index in [0.29, 0.717) is 19.3 Å². The molecule has 0 amide bonds. The Bertz CT molecular complexity index is 1190. The first-order chi connectivity index (χ1) is 35.0. The molecule has 0 unspecified atom stereocenters. The molecule has 1 atom stereocenters. The molecule has 6 heteroatoms. The summed E-state index contributed by atoms with van der Waals surface area (Å²) < 4.78 is 16.9. The number of carbonyl (C=O) groups excluding carboxylic acids is 3. The molecule has 0 aromatic rings. The quantitative estimate of drug-likeness (QED) is 0.0261. The number of allylic oxidation sites excluding steroid dienone is 6. The van der Waals surface area contributed by atoms with Gasteiger partial charge in [-0.25, -0.2) is 0 Å². The summed E-state index contributed by atoms with van der Waals surface area (Å²) in [4.78, 5) is 38.3. The second-order valence-corrected chi connectivity index (χ2v) is 21.3. The van der Waals surface area contributed by atoms with Crippen molar-refractivity contribution in [1.82, 2.24) is 0 Å². The molecule has 0 rings (SSSR count). The summed E-state index contributed by atoms with van der Waals surface area (Å²) in [5, 5.41) is 0. The smallest absolute Gasteiger partial charge is 0.306 e. The van der Waals surface area contributed by atoms with Crippen molar-refractivity contribution < 1.29 is 28.6 Å². The third kappa shape index (κ3) is 58.4. The predicted octanol–water partition coefficient (Wildman–Crippen LogP) is 21.2. The van der Waals surface area contributed by atoms with Crippen LogP contribution in [0.1, 0.15) is 342 Å². The number of hydrogen-bond acceptors (Lipinski definition) is 6. The lowest BCUT2D eigenvalue weighted by molar-refractivity contribution is -0.167. The maximum atomic E-state index is 12.9. The molecule has 0 aliphatic carbocycles. The fourth-order valence-electron chi connectivity index (χ4n) is 9.39. The SMILES string of the molecule is CCCCC/C=C\C/C=C\C/C=C\CCCCCCCCC(=O)OC[C@@H](COC(=O)CCCCCCCCCCCCCCCCCCC)OC(=O)CCCCCCCCCCCCCCCCCCC. The predicted molar refractivity (Wildman–Crippen MR) is 307 cm³/mol. The van der Waals surface area contributed by atoms with Gasteiger partial charge in [-0.3, -0.25) is 14.4 Å². The monoisotopic (exact) mass is 997 g/mol. The topological polar surface area (TPSA) is 78.9 Å². The minimum Gasteiger partial charge on any atom is -0.462 e. The van der Waals surface area contributed by atoms with Gasteiger partial charge in [-0.05, 0) is 57.8 Å². The third-order valence-corrected chi connectivity index (χ3v) is 14.1. The molecular weight excluding hydrogens is 877 g/mol. The van der Waals surface area contributed by atoms with Crippen molar-refractivity contribution in [2.45, 2.75) is 348 Å². The van der Waals surface area contributed by atoms with Crippen LogP contribution in [0, 0.1) is 0 Å². The summed E-state index contributed by atoms with van der Waals surface area (Å²) in [6.45, 7) is 6.67. The standard InChI is InChI=1S/C65H120O6/c1-4-7-10-13-16-19-22-25-28-31-32-35-37-40-43-46-49-52-55-58-64(67)70-61-62(71-65(68)59-56-53-50-47-44-41-38-34-30-27-24-21-18-15-12-9-6-3)60-69-63(66)57-54-51-48-45-42-39-36-33-29-26-23-20-17-14-11-8-5-2/h16,19,25,28,32,35,62H,4-15,17-18,20-24,26-27,29-31,33-34,36-61H2,1-3H3/b19-16-,28-25-,35-32-/t62-/m1/s1. The average molecular weight is 998 g/mol. The van der Waals surface area contributed by atoms with Gasteiger partial charge in [0, 0.05) is 19.3 Å². The fourth-order valence-corrected chi connectivity index (χ4v) is 9.39. The van der Waals surface area contributed by atoms with Crippen LogP contribution >= 0.6 is 0 Å². The van der Waals surface area contributed by atoms with Gasteiger partial charge in [0.2, 0.25) is 0 Å². The zero-order chi connectivity index (χ0) is 51.4. The molecule has 416 valence electrons. The molecule has 0 aromatic carbocycles. The van der Waals surface area contributed by atoms with E-state index in [9.17, 15) is 14.4 Å². The Morgan fingerprint density at radius 2 is 0.507 bits per heavy atom. The van der Waals surface area contributed by atoms with Crippen molar-refractivity contribution in [3.8, 4) is 0 Å². The maximum Gasteiger partial charge on any atom is 0.306 e. The van der Waals surface area contributed by atoms with Crippen LogP contribution in [0.15, 0.2) is 36.5 Å². The molecule has 0 spiro atoms. The summed E-state index contributed by atoms with van der Waals surface area (Å²) in [6.07, 6.45) is 72.8. The van der Waals surface area contributed by atoms with E-state index in [1.165, 1.54) is 225 Å². The zero-order valence-corrected chi connectivity index (χ0v) is 47.8. The molecule has 0 heterocycles. The van der Waals surface area contributed by atoms with Gasteiger partial charge in [0.25, 0.3) is 0 Å². The number of esters is 3. The van der Waals surface area contributed by atoms with E-state index >= 15 is 0 Å². The highest BCUT2D eigenvalue weighted by Gasteiger charge is 2.19. The lowest BCUT2D eigenvalue weighted by atomic mass is 10.0. The molecule has 71 heavy (non-hydrogen) atoms. The normalized spacial score (nSPS) is 12.2. The van der Waals surface area contributed by atoms with Crippen molar-refractivity contribution in [2.24, 2.45) is 0 Å². The molecular formula is C65H120O6. The van der Waals surface area contributed by atoms with Gasteiger partial charge in [0.05, 0.1) is 0 Å². The van der Waals surface area contributed by atoms with E-state index in [0.717, 1.165) is 77.0 Å². The van der Waals surface area contributed by atoms with Crippen LogP contribution in [0.5, 0.6) is 0 Å². The lowest BCUT2D eigenvalue weighted by Crippen LogP contribution is -2.30. The Morgan fingerprint density at radius 1 is 0.282 bits per heavy atom. The molecule has 0 radical (unpaired) electrons. The average Bonchev–Trinajstić information content (AvgIpc) is 3.37. The van der Waals surface area contributed by atoms with Crippen molar-refractivity contribution in [2.75, 3.05) is 13.2 Å². The molecule has 0 saturated heterocycles. The van der Waals surface area contributed by atoms with E-state index in [-0.39, 0.29) is 31.1 Å². The van der Waals surface area contributed by atoms with Crippen molar-refractivity contribution in [3.05, 3.63) is 36.5 Å². The van der Waals surface area contributed by atoms with Crippen molar-refractivity contribution in [1.29, 1.82) is 0 Å². The summed E-state index contributed by atoms with van der Waals surface area (Å²) in [5.74, 6) is -0.858. The third-order valence-electron chi connectivity index (χ3n) is 14.1. The summed E-state index contributed by atoms with van der Waals surface area (Å²) >= 11 is 0. The number of carbonyl (C=O) groups is 3. The van der Waals surface area contributed by atoms with Crippen molar-refractivity contribution in [3.63, 3.8) is 0 Å². The van der Waals surface area contributed by atoms with Crippen molar-refractivity contribution >= 4 is 17.9 Å². The Labute approximate surface area is 442 Å². The second kappa shape index (κ2) is 60.2. The van der Waals surface area contributed by atoms with Gasteiger partial charge < -0.3 is 14.2 Å². The van der Waals surface area contributed by atoms with Gasteiger partial charge in [-0.15, -0.1) is 0 Å². The number of ether oxygens (including phenoxy) is 3. The molecule has 0 N–H and O–H groups in total. The van der Waals surface area contributed by atoms with Crippen LogP contribution in [0.3, 0.4) is 0 Å². The molecule has 0 aliphatic rings. The Hall–Kier alpha value is -2.37. The molecule has 6 nitrogen and oxygen atoms in total. The van der Waals surface area contributed by atoms with E-state index in [1.54, 1.807) is 0 Å². The van der Waals surface area contributed by atoms with E-state index in [1.807, 2.05) is 0 Å². The highest BCUT2D eigenvalue weighted by molar-refractivity contribution is 5.71. The minimum absolute atomic E-state index is 0.0708. The Morgan fingerprint density at radius 3 is 0.817 bits per heavy atom. The molecule has 0 fully saturated rings. The number of hydrogen-bond donors (Lipinski definition) is 0. The van der Waals surface area contributed by atoms with Crippen LogP contribution in [0.25, 0.3) is 0 Å². The van der Waals surface area contributed by atoms with E-state index in [2.05, 4.69) is 57.2 Å². The van der Waals surface area contributed by atoms with Gasteiger partial charge in [0.15, 0.2) is 6.10 Å². The van der Waals surface area contributed by atoms with Crippen LogP contribution in [0.2, 0.25) is 0 Å². The fraction of sp³-hybridized carbons (Fsp3) is 0.862. The van der Waals surface area contributed by atoms with Gasteiger partial charge >= 0.3 is 17.9 Å². The molecule has 0 aliphatic heterocycles. The largest absolute Gasteiger partial charge is 0.462 e. The number of rotatable bonds is 58. The van der Waals surface area contributed by atoms with Gasteiger partial charge in [0.1, 0.15) is 13.2 Å². The Balaban J connectivity index is 4.35. The number of unbranched alkanes of at least 4 members (excludes halogenated alkanes) is 41. The minimum atomic E-state index is -0.774. The highest BCUT2D eigenvalue weighted by Crippen LogP contribution is 2.17. The lowest BCUT2D eigenvalue weighted by Gasteiger charge is -2.18.